The van der Waals surface area contributed by atoms with Gasteiger partial charge in [-0.1, -0.05) is 30.3 Å². The Morgan fingerprint density at radius 3 is 2.65 bits per heavy atom. The number of amides is 2. The van der Waals surface area contributed by atoms with Gasteiger partial charge in [0, 0.05) is 17.2 Å². The van der Waals surface area contributed by atoms with Crippen molar-refractivity contribution < 1.29 is 9.53 Å². The number of rotatable bonds is 5. The standard InChI is InChI=1S/C20H20N4O2/c1-26-16-9-5-6-14(12-16)18-19(17(23-24-18)13-10-11-13)22-20(25)21-15-7-3-2-4-8-15/h2-9,12-13H,10-11H2,1H3,(H,23,24)(H2,21,22,25). The zero-order chi connectivity index (χ0) is 17.9. The number of ether oxygens (including phenoxy) is 1. The summed E-state index contributed by atoms with van der Waals surface area (Å²) in [6.07, 6.45) is 2.21. The molecule has 6 nitrogen and oxygen atoms in total. The van der Waals surface area contributed by atoms with E-state index >= 15 is 0 Å². The van der Waals surface area contributed by atoms with Gasteiger partial charge in [-0.25, -0.2) is 4.79 Å². The third-order valence-corrected chi connectivity index (χ3v) is 4.39. The number of carbonyl (C=O) groups is 1. The van der Waals surface area contributed by atoms with Gasteiger partial charge in [-0.2, -0.15) is 5.10 Å². The first-order chi connectivity index (χ1) is 12.7. The van der Waals surface area contributed by atoms with Crippen molar-refractivity contribution in [3.8, 4) is 17.0 Å². The molecule has 0 saturated heterocycles. The first-order valence-corrected chi connectivity index (χ1v) is 8.60. The number of carbonyl (C=O) groups excluding carboxylic acids is 1. The molecule has 0 radical (unpaired) electrons. The molecule has 3 aromatic rings. The molecule has 26 heavy (non-hydrogen) atoms. The van der Waals surface area contributed by atoms with Crippen LogP contribution in [0.2, 0.25) is 0 Å². The highest BCUT2D eigenvalue weighted by molar-refractivity contribution is 6.02. The topological polar surface area (TPSA) is 79.0 Å². The van der Waals surface area contributed by atoms with Gasteiger partial charge in [0.25, 0.3) is 0 Å². The number of hydrogen-bond acceptors (Lipinski definition) is 3. The lowest BCUT2D eigenvalue weighted by Crippen LogP contribution is -2.20. The molecule has 2 aromatic carbocycles. The van der Waals surface area contributed by atoms with E-state index in [2.05, 4.69) is 20.8 Å². The highest BCUT2D eigenvalue weighted by Crippen LogP contribution is 2.45. The Kier molecular flexibility index (Phi) is 4.31. The van der Waals surface area contributed by atoms with Gasteiger partial charge in [0.1, 0.15) is 11.4 Å². The number of nitrogens with zero attached hydrogens (tertiary/aromatic N) is 1. The van der Waals surface area contributed by atoms with E-state index < -0.39 is 0 Å². The van der Waals surface area contributed by atoms with Crippen LogP contribution in [0.15, 0.2) is 54.6 Å². The SMILES string of the molecule is COc1cccc(-c2n[nH]c(C3CC3)c2NC(=O)Nc2ccccc2)c1. The van der Waals surface area contributed by atoms with Crippen molar-refractivity contribution >= 4 is 17.4 Å². The lowest BCUT2D eigenvalue weighted by Gasteiger charge is -2.10. The summed E-state index contributed by atoms with van der Waals surface area (Å²) < 4.78 is 5.31. The highest BCUT2D eigenvalue weighted by Gasteiger charge is 2.31. The summed E-state index contributed by atoms with van der Waals surface area (Å²) in [5.74, 6) is 1.17. The number of anilines is 2. The second kappa shape index (κ2) is 6.92. The maximum atomic E-state index is 12.5. The Balaban J connectivity index is 1.63. The molecule has 0 unspecified atom stereocenters. The normalized spacial score (nSPS) is 13.3. The summed E-state index contributed by atoms with van der Waals surface area (Å²) in [4.78, 5) is 12.5. The van der Waals surface area contributed by atoms with E-state index in [0.29, 0.717) is 11.6 Å². The molecular weight excluding hydrogens is 328 g/mol. The smallest absolute Gasteiger partial charge is 0.323 e. The third kappa shape index (κ3) is 3.39. The predicted molar refractivity (Wildman–Crippen MR) is 102 cm³/mol. The van der Waals surface area contributed by atoms with Crippen LogP contribution in [0.4, 0.5) is 16.2 Å². The van der Waals surface area contributed by atoms with Gasteiger partial charge in [-0.05, 0) is 37.1 Å². The Morgan fingerprint density at radius 1 is 1.12 bits per heavy atom. The van der Waals surface area contributed by atoms with Crippen molar-refractivity contribution in [3.05, 3.63) is 60.3 Å². The van der Waals surface area contributed by atoms with Crippen LogP contribution in [0.1, 0.15) is 24.5 Å². The van der Waals surface area contributed by atoms with Crippen LogP contribution in [0.25, 0.3) is 11.3 Å². The van der Waals surface area contributed by atoms with Crippen LogP contribution in [0.3, 0.4) is 0 Å². The number of benzene rings is 2. The Bertz CT molecular complexity index is 917. The van der Waals surface area contributed by atoms with E-state index in [-0.39, 0.29) is 6.03 Å². The van der Waals surface area contributed by atoms with Crippen LogP contribution in [0.5, 0.6) is 5.75 Å². The van der Waals surface area contributed by atoms with Crippen molar-refractivity contribution in [1.82, 2.24) is 10.2 Å². The molecule has 132 valence electrons. The largest absolute Gasteiger partial charge is 0.497 e. The average molecular weight is 348 g/mol. The van der Waals surface area contributed by atoms with Crippen molar-refractivity contribution in [3.63, 3.8) is 0 Å². The molecule has 0 atom stereocenters. The maximum Gasteiger partial charge on any atom is 0.323 e. The molecule has 0 aliphatic heterocycles. The lowest BCUT2D eigenvalue weighted by atomic mass is 10.1. The number of nitrogens with one attached hydrogen (secondary N) is 3. The second-order valence-electron chi connectivity index (χ2n) is 6.31. The minimum atomic E-state index is -0.288. The molecule has 1 aliphatic rings. The van der Waals surface area contributed by atoms with Gasteiger partial charge in [0.05, 0.1) is 18.5 Å². The van der Waals surface area contributed by atoms with E-state index in [9.17, 15) is 4.79 Å². The van der Waals surface area contributed by atoms with Crippen LogP contribution < -0.4 is 15.4 Å². The summed E-state index contributed by atoms with van der Waals surface area (Å²) in [5, 5.41) is 13.4. The molecule has 1 aliphatic carbocycles. The number of hydrogen-bond donors (Lipinski definition) is 3. The van der Waals surface area contributed by atoms with E-state index in [1.807, 2.05) is 54.6 Å². The molecule has 3 N–H and O–H groups in total. The minimum Gasteiger partial charge on any atom is -0.497 e. The van der Waals surface area contributed by atoms with Gasteiger partial charge in [-0.3, -0.25) is 5.10 Å². The highest BCUT2D eigenvalue weighted by atomic mass is 16.5. The molecule has 2 amide bonds. The van der Waals surface area contributed by atoms with Crippen molar-refractivity contribution in [2.75, 3.05) is 17.7 Å². The first-order valence-electron chi connectivity index (χ1n) is 8.60. The molecule has 1 saturated carbocycles. The number of aromatic nitrogens is 2. The molecule has 0 spiro atoms. The molecule has 1 aromatic heterocycles. The van der Waals surface area contributed by atoms with Gasteiger partial charge >= 0.3 is 6.03 Å². The zero-order valence-electron chi connectivity index (χ0n) is 14.5. The second-order valence-corrected chi connectivity index (χ2v) is 6.31. The Labute approximate surface area is 151 Å². The quantitative estimate of drug-likeness (QED) is 0.630. The lowest BCUT2D eigenvalue weighted by molar-refractivity contribution is 0.262. The van der Waals surface area contributed by atoms with Crippen LogP contribution in [-0.2, 0) is 0 Å². The van der Waals surface area contributed by atoms with E-state index in [0.717, 1.165) is 41.2 Å². The van der Waals surface area contributed by atoms with Gasteiger partial charge in [0.15, 0.2) is 0 Å². The van der Waals surface area contributed by atoms with Crippen molar-refractivity contribution in [1.29, 1.82) is 0 Å². The fourth-order valence-electron chi connectivity index (χ4n) is 2.93. The van der Waals surface area contributed by atoms with Gasteiger partial charge < -0.3 is 15.4 Å². The molecule has 4 rings (SSSR count). The van der Waals surface area contributed by atoms with Crippen LogP contribution >= 0.6 is 0 Å². The summed E-state index contributed by atoms with van der Waals surface area (Å²) >= 11 is 0. The Morgan fingerprint density at radius 2 is 1.92 bits per heavy atom. The molecule has 1 heterocycles. The summed E-state index contributed by atoms with van der Waals surface area (Å²) in [5.41, 5.74) is 4.06. The molecular formula is C20H20N4O2. The summed E-state index contributed by atoms with van der Waals surface area (Å²) in [6.45, 7) is 0. The van der Waals surface area contributed by atoms with Gasteiger partial charge in [-0.15, -0.1) is 0 Å². The fraction of sp³-hybridized carbons (Fsp3) is 0.200. The monoisotopic (exact) mass is 348 g/mol. The van der Waals surface area contributed by atoms with E-state index in [4.69, 9.17) is 4.74 Å². The number of para-hydroxylation sites is 1. The zero-order valence-corrected chi connectivity index (χ0v) is 14.5. The molecule has 0 bridgehead atoms. The molecule has 1 fully saturated rings. The number of urea groups is 1. The van der Waals surface area contributed by atoms with Crippen LogP contribution in [0, 0.1) is 0 Å². The van der Waals surface area contributed by atoms with E-state index in [1.165, 1.54) is 0 Å². The van der Waals surface area contributed by atoms with Crippen molar-refractivity contribution in [2.24, 2.45) is 0 Å². The van der Waals surface area contributed by atoms with E-state index in [1.54, 1.807) is 7.11 Å². The van der Waals surface area contributed by atoms with Crippen molar-refractivity contribution in [2.45, 2.75) is 18.8 Å². The Hall–Kier alpha value is -3.28. The number of H-pyrrole nitrogens is 1. The van der Waals surface area contributed by atoms with Gasteiger partial charge in [0.2, 0.25) is 0 Å². The van der Waals surface area contributed by atoms with Crippen LogP contribution in [-0.4, -0.2) is 23.3 Å². The number of aromatic amines is 1. The number of methoxy groups -OCH3 is 1. The minimum absolute atomic E-state index is 0.288. The average Bonchev–Trinajstić information content (AvgIpc) is 3.43. The third-order valence-electron chi connectivity index (χ3n) is 4.39. The summed E-state index contributed by atoms with van der Waals surface area (Å²) in [6, 6.07) is 16.7. The first kappa shape index (κ1) is 16.2. The summed E-state index contributed by atoms with van der Waals surface area (Å²) in [7, 11) is 1.63. The fourth-order valence-corrected chi connectivity index (χ4v) is 2.93. The predicted octanol–water partition coefficient (Wildman–Crippen LogP) is 4.61. The molecule has 6 heteroatoms. The maximum absolute atomic E-state index is 12.5.